The van der Waals surface area contributed by atoms with Crippen molar-refractivity contribution >= 4 is 11.6 Å². The van der Waals surface area contributed by atoms with Gasteiger partial charge in [-0.05, 0) is 12.6 Å². The van der Waals surface area contributed by atoms with Crippen LogP contribution in [0, 0.1) is 11.6 Å². The number of hydrogen-bond donors (Lipinski definition) is 1. The number of hydrogen-bond acceptors (Lipinski definition) is 2. The van der Waals surface area contributed by atoms with Crippen LogP contribution in [0.15, 0.2) is 6.07 Å². The van der Waals surface area contributed by atoms with E-state index in [0.29, 0.717) is 0 Å². The molecule has 0 amide bonds. The van der Waals surface area contributed by atoms with Crippen LogP contribution in [0.25, 0.3) is 0 Å². The van der Waals surface area contributed by atoms with E-state index >= 15 is 0 Å². The van der Waals surface area contributed by atoms with Crippen molar-refractivity contribution in [3.63, 3.8) is 0 Å². The molecule has 0 aliphatic carbocycles. The minimum Gasteiger partial charge on any atom is -0.495 e. The van der Waals surface area contributed by atoms with Crippen LogP contribution >= 0.6 is 11.6 Å². The standard InChI is InChI=1S/C10H12ClF2NO/c1-5(4-14)8-9(13)7(12)3-6(11)10(8)15-2/h3,5H,4,14H2,1-2H3. The molecule has 0 aliphatic rings. The molecule has 0 spiro atoms. The first kappa shape index (κ1) is 12.2. The lowest BCUT2D eigenvalue weighted by molar-refractivity contribution is 0.393. The van der Waals surface area contributed by atoms with Gasteiger partial charge in [0, 0.05) is 11.5 Å². The van der Waals surface area contributed by atoms with Crippen molar-refractivity contribution in [3.05, 3.63) is 28.3 Å². The predicted octanol–water partition coefficient (Wildman–Crippen LogP) is 2.69. The molecule has 1 atom stereocenters. The Morgan fingerprint density at radius 2 is 2.13 bits per heavy atom. The minimum atomic E-state index is -0.990. The molecule has 0 saturated carbocycles. The van der Waals surface area contributed by atoms with Crippen LogP contribution in [0.2, 0.25) is 5.02 Å². The summed E-state index contributed by atoms with van der Waals surface area (Å²) in [5.41, 5.74) is 5.50. The fraction of sp³-hybridized carbons (Fsp3) is 0.400. The quantitative estimate of drug-likeness (QED) is 0.818. The summed E-state index contributed by atoms with van der Waals surface area (Å²) in [6, 6.07) is 0.891. The van der Waals surface area contributed by atoms with E-state index in [-0.39, 0.29) is 28.8 Å². The molecular weight excluding hydrogens is 224 g/mol. The summed E-state index contributed by atoms with van der Waals surface area (Å²) in [6.07, 6.45) is 0. The fourth-order valence-corrected chi connectivity index (χ4v) is 1.64. The smallest absolute Gasteiger partial charge is 0.166 e. The summed E-state index contributed by atoms with van der Waals surface area (Å²) in [4.78, 5) is 0. The van der Waals surface area contributed by atoms with Gasteiger partial charge in [0.05, 0.1) is 12.1 Å². The van der Waals surface area contributed by atoms with Gasteiger partial charge in [-0.25, -0.2) is 8.78 Å². The molecule has 84 valence electrons. The third-order valence-corrected chi connectivity index (χ3v) is 2.49. The molecule has 1 unspecified atom stereocenters. The Morgan fingerprint density at radius 3 is 2.60 bits per heavy atom. The molecule has 1 aromatic carbocycles. The summed E-state index contributed by atoms with van der Waals surface area (Å²) in [5.74, 6) is -2.15. The Morgan fingerprint density at radius 1 is 1.53 bits per heavy atom. The predicted molar refractivity (Wildman–Crippen MR) is 55.4 cm³/mol. The Kier molecular flexibility index (Phi) is 3.88. The molecule has 5 heteroatoms. The van der Waals surface area contributed by atoms with E-state index in [1.165, 1.54) is 7.11 Å². The highest BCUT2D eigenvalue weighted by molar-refractivity contribution is 6.32. The first-order valence-corrected chi connectivity index (χ1v) is 4.82. The van der Waals surface area contributed by atoms with Crippen LogP contribution in [0.5, 0.6) is 5.75 Å². The lowest BCUT2D eigenvalue weighted by Crippen LogP contribution is -2.13. The maximum Gasteiger partial charge on any atom is 0.166 e. The summed E-state index contributed by atoms with van der Waals surface area (Å²) in [5, 5.41) is 0.0479. The third kappa shape index (κ3) is 2.21. The fourth-order valence-electron chi connectivity index (χ4n) is 1.36. The van der Waals surface area contributed by atoms with Crippen LogP contribution in [-0.4, -0.2) is 13.7 Å². The van der Waals surface area contributed by atoms with Crippen molar-refractivity contribution in [2.24, 2.45) is 5.73 Å². The molecule has 0 radical (unpaired) electrons. The normalized spacial score (nSPS) is 12.7. The van der Waals surface area contributed by atoms with E-state index in [0.717, 1.165) is 6.07 Å². The molecule has 0 aromatic heterocycles. The zero-order chi connectivity index (χ0) is 11.6. The minimum absolute atomic E-state index is 0.0479. The largest absolute Gasteiger partial charge is 0.495 e. The van der Waals surface area contributed by atoms with E-state index in [9.17, 15) is 8.78 Å². The molecule has 0 bridgehead atoms. The molecule has 0 aliphatic heterocycles. The Bertz CT molecular complexity index is 371. The lowest BCUT2D eigenvalue weighted by atomic mass is 9.99. The average molecular weight is 236 g/mol. The van der Waals surface area contributed by atoms with Gasteiger partial charge in [-0.2, -0.15) is 0 Å². The van der Waals surface area contributed by atoms with Crippen LogP contribution in [0.1, 0.15) is 18.4 Å². The number of rotatable bonds is 3. The van der Waals surface area contributed by atoms with Crippen LogP contribution < -0.4 is 10.5 Å². The molecule has 0 fully saturated rings. The number of halogens is 3. The van der Waals surface area contributed by atoms with E-state index in [4.69, 9.17) is 22.1 Å². The molecule has 1 aromatic rings. The van der Waals surface area contributed by atoms with Crippen LogP contribution in [0.3, 0.4) is 0 Å². The van der Waals surface area contributed by atoms with Gasteiger partial charge in [0.1, 0.15) is 5.75 Å². The van der Waals surface area contributed by atoms with E-state index in [1.54, 1.807) is 6.92 Å². The number of benzene rings is 1. The Labute approximate surface area is 92.0 Å². The van der Waals surface area contributed by atoms with Crippen molar-refractivity contribution in [2.45, 2.75) is 12.8 Å². The van der Waals surface area contributed by atoms with Gasteiger partial charge in [0.2, 0.25) is 0 Å². The van der Waals surface area contributed by atoms with Gasteiger partial charge >= 0.3 is 0 Å². The highest BCUT2D eigenvalue weighted by Crippen LogP contribution is 2.36. The highest BCUT2D eigenvalue weighted by atomic mass is 35.5. The van der Waals surface area contributed by atoms with Crippen molar-refractivity contribution in [1.29, 1.82) is 0 Å². The molecule has 15 heavy (non-hydrogen) atoms. The maximum absolute atomic E-state index is 13.5. The molecule has 0 heterocycles. The van der Waals surface area contributed by atoms with Crippen molar-refractivity contribution in [1.82, 2.24) is 0 Å². The highest BCUT2D eigenvalue weighted by Gasteiger charge is 2.22. The first-order chi connectivity index (χ1) is 7.02. The Hall–Kier alpha value is -0.870. The molecule has 1 rings (SSSR count). The maximum atomic E-state index is 13.5. The first-order valence-electron chi connectivity index (χ1n) is 4.44. The van der Waals surface area contributed by atoms with Crippen molar-refractivity contribution in [2.75, 3.05) is 13.7 Å². The number of nitrogens with two attached hydrogens (primary N) is 1. The van der Waals surface area contributed by atoms with Gasteiger partial charge in [-0.1, -0.05) is 18.5 Å². The third-order valence-electron chi connectivity index (χ3n) is 2.21. The number of ether oxygens (including phenoxy) is 1. The number of methoxy groups -OCH3 is 1. The summed E-state index contributed by atoms with van der Waals surface area (Å²) < 4.78 is 31.5. The van der Waals surface area contributed by atoms with Gasteiger partial charge in [0.25, 0.3) is 0 Å². The summed E-state index contributed by atoms with van der Waals surface area (Å²) >= 11 is 5.74. The van der Waals surface area contributed by atoms with Gasteiger partial charge in [-0.3, -0.25) is 0 Å². The van der Waals surface area contributed by atoms with Gasteiger partial charge < -0.3 is 10.5 Å². The average Bonchev–Trinajstić information content (AvgIpc) is 2.21. The van der Waals surface area contributed by atoms with E-state index in [1.807, 2.05) is 0 Å². The summed E-state index contributed by atoms with van der Waals surface area (Å²) in [6.45, 7) is 1.86. The van der Waals surface area contributed by atoms with Crippen molar-refractivity contribution < 1.29 is 13.5 Å². The van der Waals surface area contributed by atoms with E-state index < -0.39 is 11.6 Å². The monoisotopic (exact) mass is 235 g/mol. The zero-order valence-electron chi connectivity index (χ0n) is 8.48. The van der Waals surface area contributed by atoms with Gasteiger partial charge in [0.15, 0.2) is 11.6 Å². The lowest BCUT2D eigenvalue weighted by Gasteiger charge is -2.16. The van der Waals surface area contributed by atoms with E-state index in [2.05, 4.69) is 0 Å². The second-order valence-corrected chi connectivity index (χ2v) is 3.65. The second kappa shape index (κ2) is 4.77. The van der Waals surface area contributed by atoms with Gasteiger partial charge in [-0.15, -0.1) is 0 Å². The molecule has 2 N–H and O–H groups in total. The van der Waals surface area contributed by atoms with Crippen LogP contribution in [-0.2, 0) is 0 Å². The SMILES string of the molecule is COc1c(Cl)cc(F)c(F)c1C(C)CN. The molecule has 2 nitrogen and oxygen atoms in total. The summed E-state index contributed by atoms with van der Waals surface area (Å²) in [7, 11) is 1.35. The van der Waals surface area contributed by atoms with Crippen LogP contribution in [0.4, 0.5) is 8.78 Å². The zero-order valence-corrected chi connectivity index (χ0v) is 9.24. The molecule has 0 saturated heterocycles. The topological polar surface area (TPSA) is 35.2 Å². The van der Waals surface area contributed by atoms with Crippen molar-refractivity contribution in [3.8, 4) is 5.75 Å². The Balaban J connectivity index is 3.43. The molecular formula is C10H12ClF2NO. The second-order valence-electron chi connectivity index (χ2n) is 3.24.